The molecule has 1 N–H and O–H groups in total. The summed E-state index contributed by atoms with van der Waals surface area (Å²) in [6.07, 6.45) is 2.09. The molecule has 0 bridgehead atoms. The molecule has 0 aliphatic heterocycles. The van der Waals surface area contributed by atoms with E-state index in [2.05, 4.69) is 71.3 Å². The van der Waals surface area contributed by atoms with E-state index in [0.29, 0.717) is 0 Å². The van der Waals surface area contributed by atoms with Crippen LogP contribution in [0.15, 0.2) is 54.7 Å². The van der Waals surface area contributed by atoms with E-state index < -0.39 is 0 Å². The third-order valence-electron chi connectivity index (χ3n) is 3.62. The van der Waals surface area contributed by atoms with Crippen LogP contribution in [0.5, 0.6) is 0 Å². The number of H-pyrrole nitrogens is 1. The molecule has 0 saturated heterocycles. The Kier molecular flexibility index (Phi) is 2.93. The van der Waals surface area contributed by atoms with Crippen LogP contribution in [0, 0.1) is 0 Å². The molecule has 2 heterocycles. The lowest BCUT2D eigenvalue weighted by Gasteiger charge is -1.97. The molecule has 2 aromatic carbocycles. The molecule has 3 heteroatoms. The molecule has 0 saturated carbocycles. The SMILES string of the molecule is C[n+]1cccc2ccc3c4ccccc4[nH]c3c21.[I-]. The summed E-state index contributed by atoms with van der Waals surface area (Å²) >= 11 is 0. The number of hydrogen-bond acceptors (Lipinski definition) is 0. The van der Waals surface area contributed by atoms with E-state index in [1.54, 1.807) is 0 Å². The van der Waals surface area contributed by atoms with Gasteiger partial charge in [-0.2, -0.15) is 4.57 Å². The second-order valence-electron chi connectivity index (χ2n) is 4.72. The Morgan fingerprint density at radius 1 is 0.895 bits per heavy atom. The van der Waals surface area contributed by atoms with Crippen LogP contribution < -0.4 is 28.5 Å². The van der Waals surface area contributed by atoms with Crippen molar-refractivity contribution in [1.82, 2.24) is 4.98 Å². The van der Waals surface area contributed by atoms with Crippen LogP contribution in [0.3, 0.4) is 0 Å². The number of pyridine rings is 1. The molecule has 0 spiro atoms. The average molecular weight is 360 g/mol. The van der Waals surface area contributed by atoms with Gasteiger partial charge in [0.05, 0.1) is 0 Å². The van der Waals surface area contributed by atoms with E-state index in [1.165, 1.54) is 32.7 Å². The van der Waals surface area contributed by atoms with Crippen LogP contribution in [0.2, 0.25) is 0 Å². The number of hydrogen-bond donors (Lipinski definition) is 1. The number of para-hydroxylation sites is 1. The average Bonchev–Trinajstić information content (AvgIpc) is 2.77. The highest BCUT2D eigenvalue weighted by Gasteiger charge is 2.13. The van der Waals surface area contributed by atoms with E-state index in [1.807, 2.05) is 0 Å². The third kappa shape index (κ3) is 1.72. The Morgan fingerprint density at radius 2 is 1.74 bits per heavy atom. The Hall–Kier alpha value is -1.62. The Bertz CT molecular complexity index is 893. The lowest BCUT2D eigenvalue weighted by atomic mass is 10.1. The summed E-state index contributed by atoms with van der Waals surface area (Å²) in [5.74, 6) is 0. The van der Waals surface area contributed by atoms with E-state index in [9.17, 15) is 0 Å². The van der Waals surface area contributed by atoms with Crippen molar-refractivity contribution in [2.24, 2.45) is 7.05 Å². The third-order valence-corrected chi connectivity index (χ3v) is 3.62. The number of fused-ring (bicyclic) bond motifs is 5. The Morgan fingerprint density at radius 3 is 2.63 bits per heavy atom. The first-order valence-electron chi connectivity index (χ1n) is 6.12. The largest absolute Gasteiger partial charge is 1.00 e. The predicted molar refractivity (Wildman–Crippen MR) is 74.5 cm³/mol. The number of aromatic nitrogens is 2. The van der Waals surface area contributed by atoms with Crippen molar-refractivity contribution >= 4 is 32.7 Å². The van der Waals surface area contributed by atoms with E-state index in [4.69, 9.17) is 0 Å². The molecule has 0 unspecified atom stereocenters. The van der Waals surface area contributed by atoms with Gasteiger partial charge in [0, 0.05) is 27.7 Å². The summed E-state index contributed by atoms with van der Waals surface area (Å²) in [4.78, 5) is 3.54. The van der Waals surface area contributed by atoms with Crippen LogP contribution in [0.4, 0.5) is 0 Å². The molecule has 2 aromatic heterocycles. The van der Waals surface area contributed by atoms with Crippen LogP contribution in [0.1, 0.15) is 0 Å². The maximum Gasteiger partial charge on any atom is 0.236 e. The van der Waals surface area contributed by atoms with Crippen molar-refractivity contribution in [3.05, 3.63) is 54.7 Å². The fraction of sp³-hybridized carbons (Fsp3) is 0.0625. The van der Waals surface area contributed by atoms with Gasteiger partial charge in [0.1, 0.15) is 12.6 Å². The Labute approximate surface area is 128 Å². The zero-order valence-corrected chi connectivity index (χ0v) is 12.7. The van der Waals surface area contributed by atoms with Gasteiger partial charge in [0.15, 0.2) is 6.20 Å². The normalized spacial score (nSPS) is 11.0. The van der Waals surface area contributed by atoms with Gasteiger partial charge in [-0.3, -0.25) is 0 Å². The summed E-state index contributed by atoms with van der Waals surface area (Å²) in [7, 11) is 2.09. The Balaban J connectivity index is 0.00000110. The summed E-state index contributed by atoms with van der Waals surface area (Å²) in [5, 5.41) is 3.84. The van der Waals surface area contributed by atoms with Crippen LogP contribution in [0.25, 0.3) is 32.7 Å². The van der Waals surface area contributed by atoms with Crippen LogP contribution >= 0.6 is 0 Å². The molecule has 4 rings (SSSR count). The van der Waals surface area contributed by atoms with E-state index in [-0.39, 0.29) is 24.0 Å². The van der Waals surface area contributed by atoms with Gasteiger partial charge in [-0.05, 0) is 18.2 Å². The topological polar surface area (TPSA) is 19.7 Å². The smallest absolute Gasteiger partial charge is 0.236 e. The van der Waals surface area contributed by atoms with Crippen LogP contribution in [-0.4, -0.2) is 4.98 Å². The molecule has 4 aromatic rings. The second kappa shape index (κ2) is 4.49. The van der Waals surface area contributed by atoms with Gasteiger partial charge < -0.3 is 29.0 Å². The van der Waals surface area contributed by atoms with E-state index in [0.717, 1.165) is 0 Å². The van der Waals surface area contributed by atoms with Crippen molar-refractivity contribution in [3.63, 3.8) is 0 Å². The summed E-state index contributed by atoms with van der Waals surface area (Å²) in [5.41, 5.74) is 3.67. The molecule has 0 aliphatic carbocycles. The summed E-state index contributed by atoms with van der Waals surface area (Å²) in [6, 6.07) is 17.1. The first-order valence-corrected chi connectivity index (χ1v) is 6.12. The zero-order chi connectivity index (χ0) is 12.1. The lowest BCUT2D eigenvalue weighted by molar-refractivity contribution is -0.644. The molecule has 0 fully saturated rings. The van der Waals surface area contributed by atoms with Crippen molar-refractivity contribution in [2.45, 2.75) is 0 Å². The maximum absolute atomic E-state index is 3.54. The minimum Gasteiger partial charge on any atom is -1.00 e. The molecule has 0 amide bonds. The van der Waals surface area contributed by atoms with Crippen molar-refractivity contribution < 1.29 is 28.5 Å². The zero-order valence-electron chi connectivity index (χ0n) is 10.5. The number of rotatable bonds is 0. The standard InChI is InChI=1S/C16H12N2.HI/c1-18-10-4-5-11-8-9-13-12-6-2-3-7-14(12)17-15(13)16(11)18;/h2-10H,1H3;1H. The van der Waals surface area contributed by atoms with Gasteiger partial charge in [-0.1, -0.05) is 24.3 Å². The number of nitrogens with one attached hydrogen (secondary N) is 1. The molecule has 19 heavy (non-hydrogen) atoms. The van der Waals surface area contributed by atoms with Gasteiger partial charge in [0.25, 0.3) is 0 Å². The predicted octanol–water partition coefficient (Wildman–Crippen LogP) is 0.303. The number of halogens is 1. The molecule has 2 nitrogen and oxygen atoms in total. The monoisotopic (exact) mass is 360 g/mol. The fourth-order valence-electron chi connectivity index (χ4n) is 2.78. The quantitative estimate of drug-likeness (QED) is 0.344. The number of benzene rings is 2. The minimum atomic E-state index is 0. The molecule has 0 radical (unpaired) electrons. The molecule has 94 valence electrons. The first kappa shape index (κ1) is 12.4. The minimum absolute atomic E-state index is 0. The lowest BCUT2D eigenvalue weighted by Crippen LogP contribution is -3.00. The van der Waals surface area contributed by atoms with Gasteiger partial charge in [0.2, 0.25) is 5.52 Å². The van der Waals surface area contributed by atoms with Gasteiger partial charge in [-0.15, -0.1) is 0 Å². The fourth-order valence-corrected chi connectivity index (χ4v) is 2.78. The first-order chi connectivity index (χ1) is 8.84. The molecular formula is C16H13IN2. The highest BCUT2D eigenvalue weighted by molar-refractivity contribution is 6.14. The number of aromatic amines is 1. The summed E-state index contributed by atoms with van der Waals surface area (Å²) in [6.45, 7) is 0. The van der Waals surface area contributed by atoms with Gasteiger partial charge >= 0.3 is 0 Å². The maximum atomic E-state index is 3.54. The molecule has 0 atom stereocenters. The molecule has 0 aliphatic rings. The summed E-state index contributed by atoms with van der Waals surface area (Å²) < 4.78 is 2.17. The number of nitrogens with zero attached hydrogens (tertiary/aromatic N) is 1. The van der Waals surface area contributed by atoms with Crippen molar-refractivity contribution in [1.29, 1.82) is 0 Å². The van der Waals surface area contributed by atoms with Crippen LogP contribution in [-0.2, 0) is 7.05 Å². The van der Waals surface area contributed by atoms with Crippen molar-refractivity contribution in [2.75, 3.05) is 0 Å². The van der Waals surface area contributed by atoms with E-state index >= 15 is 0 Å². The highest BCUT2D eigenvalue weighted by Crippen LogP contribution is 2.29. The molecular weight excluding hydrogens is 347 g/mol. The second-order valence-corrected chi connectivity index (χ2v) is 4.72. The van der Waals surface area contributed by atoms with Crippen molar-refractivity contribution in [3.8, 4) is 0 Å². The highest BCUT2D eigenvalue weighted by atomic mass is 127. The number of aryl methyl sites for hydroxylation is 1. The van der Waals surface area contributed by atoms with Gasteiger partial charge in [-0.25, -0.2) is 0 Å².